The molecule has 4 N–H and O–H groups in total. The maximum absolute atomic E-state index is 10.2. The third-order valence-electron chi connectivity index (χ3n) is 2.11. The van der Waals surface area contributed by atoms with Gasteiger partial charge in [0.1, 0.15) is 0 Å². The normalized spacial score (nSPS) is 30.0. The Morgan fingerprint density at radius 2 is 2.38 bits per heavy atom. The molecular weight excluding hydrogens is 176 g/mol. The van der Waals surface area contributed by atoms with Crippen molar-refractivity contribution in [1.82, 2.24) is 5.06 Å². The zero-order valence-corrected chi connectivity index (χ0v) is 7.27. The molecule has 1 unspecified atom stereocenters. The van der Waals surface area contributed by atoms with Crippen molar-refractivity contribution in [3.8, 4) is 0 Å². The molecule has 1 saturated heterocycles. The molecule has 1 fully saturated rings. The molecule has 1 atom stereocenters. The molecular formula is C7H14N2O4. The predicted octanol–water partition coefficient (Wildman–Crippen LogP) is -0.618. The first-order chi connectivity index (χ1) is 6.06. The molecule has 0 spiro atoms. The van der Waals surface area contributed by atoms with Crippen LogP contribution < -0.4 is 5.73 Å². The number of hydrogen-bond acceptors (Lipinski definition) is 5. The fraction of sp³-hybridized carbons (Fsp3) is 0.857. The molecule has 1 aliphatic heterocycles. The number of carbonyl (C=O) groups is 1. The number of nitrogens with two attached hydrogens (primary N) is 1. The Balaban J connectivity index is 2.46. The molecule has 0 aromatic rings. The molecule has 1 aliphatic rings. The lowest BCUT2D eigenvalue weighted by Crippen LogP contribution is -2.52. The summed E-state index contributed by atoms with van der Waals surface area (Å²) in [6.45, 7) is 0.775. The fourth-order valence-electron chi connectivity index (χ4n) is 1.43. The highest BCUT2D eigenvalue weighted by Gasteiger charge is 2.33. The van der Waals surface area contributed by atoms with Crippen LogP contribution in [-0.2, 0) is 4.84 Å². The summed E-state index contributed by atoms with van der Waals surface area (Å²) in [5.41, 5.74) is 4.34. The van der Waals surface area contributed by atoms with Crippen LogP contribution in [0.25, 0.3) is 0 Å². The number of carboxylic acid groups (broad SMARTS) is 1. The van der Waals surface area contributed by atoms with Crippen molar-refractivity contribution in [3.63, 3.8) is 0 Å². The first kappa shape index (κ1) is 10.2. The van der Waals surface area contributed by atoms with Crippen molar-refractivity contribution in [3.05, 3.63) is 0 Å². The van der Waals surface area contributed by atoms with E-state index in [1.807, 2.05) is 0 Å². The van der Waals surface area contributed by atoms with Gasteiger partial charge >= 0.3 is 6.16 Å². The van der Waals surface area contributed by atoms with Crippen LogP contribution in [0.3, 0.4) is 0 Å². The van der Waals surface area contributed by atoms with Gasteiger partial charge in [0.05, 0.1) is 12.1 Å². The highest BCUT2D eigenvalue weighted by Crippen LogP contribution is 2.19. The third-order valence-corrected chi connectivity index (χ3v) is 2.11. The predicted molar refractivity (Wildman–Crippen MR) is 43.9 cm³/mol. The van der Waals surface area contributed by atoms with E-state index in [-0.39, 0.29) is 13.1 Å². The maximum Gasteiger partial charge on any atom is 0.525 e. The quantitative estimate of drug-likeness (QED) is 0.537. The molecule has 6 heteroatoms. The largest absolute Gasteiger partial charge is 0.525 e. The third kappa shape index (κ3) is 2.83. The van der Waals surface area contributed by atoms with Gasteiger partial charge in [0.15, 0.2) is 0 Å². The SMILES string of the molecule is NCC1(O)CCCN(OC(=O)O)C1. The van der Waals surface area contributed by atoms with Crippen LogP contribution in [0.2, 0.25) is 0 Å². The zero-order chi connectivity index (χ0) is 9.90. The van der Waals surface area contributed by atoms with E-state index >= 15 is 0 Å². The summed E-state index contributed by atoms with van der Waals surface area (Å²) in [6.07, 6.45) is -0.0921. The van der Waals surface area contributed by atoms with Gasteiger partial charge in [-0.05, 0) is 12.8 Å². The lowest BCUT2D eigenvalue weighted by Gasteiger charge is -2.36. The van der Waals surface area contributed by atoms with Gasteiger partial charge in [-0.25, -0.2) is 4.79 Å². The summed E-state index contributed by atoms with van der Waals surface area (Å²) in [4.78, 5) is 14.6. The van der Waals surface area contributed by atoms with Crippen molar-refractivity contribution in [1.29, 1.82) is 0 Å². The lowest BCUT2D eigenvalue weighted by molar-refractivity contribution is -0.174. The smallest absolute Gasteiger partial charge is 0.448 e. The average Bonchev–Trinajstić information content (AvgIpc) is 2.03. The van der Waals surface area contributed by atoms with Gasteiger partial charge in [0.25, 0.3) is 0 Å². The van der Waals surface area contributed by atoms with Crippen molar-refractivity contribution >= 4 is 6.16 Å². The number of piperidine rings is 1. The van der Waals surface area contributed by atoms with Gasteiger partial charge in [-0.2, -0.15) is 0 Å². The fourth-order valence-corrected chi connectivity index (χ4v) is 1.43. The molecule has 6 nitrogen and oxygen atoms in total. The molecule has 1 rings (SSSR count). The molecule has 0 saturated carbocycles. The Kier molecular flexibility index (Phi) is 3.07. The highest BCUT2D eigenvalue weighted by molar-refractivity contribution is 5.56. The van der Waals surface area contributed by atoms with Gasteiger partial charge in [-0.3, -0.25) is 0 Å². The molecule has 76 valence electrons. The van der Waals surface area contributed by atoms with Crippen molar-refractivity contribution in [2.75, 3.05) is 19.6 Å². The monoisotopic (exact) mass is 190 g/mol. The van der Waals surface area contributed by atoms with Gasteiger partial charge in [-0.15, -0.1) is 5.06 Å². The Labute approximate surface area is 75.8 Å². The summed E-state index contributed by atoms with van der Waals surface area (Å²) in [7, 11) is 0. The van der Waals surface area contributed by atoms with Crippen LogP contribution in [-0.4, -0.2) is 46.7 Å². The van der Waals surface area contributed by atoms with Gasteiger partial charge in [0.2, 0.25) is 0 Å². The molecule has 0 amide bonds. The number of aliphatic hydroxyl groups is 1. The van der Waals surface area contributed by atoms with E-state index in [4.69, 9.17) is 10.8 Å². The minimum Gasteiger partial charge on any atom is -0.448 e. The first-order valence-corrected chi connectivity index (χ1v) is 4.14. The highest BCUT2D eigenvalue weighted by atomic mass is 16.8. The van der Waals surface area contributed by atoms with Crippen molar-refractivity contribution < 1.29 is 19.8 Å². The van der Waals surface area contributed by atoms with E-state index in [1.54, 1.807) is 0 Å². The van der Waals surface area contributed by atoms with Crippen LogP contribution in [0.5, 0.6) is 0 Å². The van der Waals surface area contributed by atoms with E-state index in [9.17, 15) is 9.90 Å². The Bertz CT molecular complexity index is 199. The molecule has 0 aromatic heterocycles. The van der Waals surface area contributed by atoms with Crippen molar-refractivity contribution in [2.45, 2.75) is 18.4 Å². The number of hydrogen-bond donors (Lipinski definition) is 3. The second-order valence-electron chi connectivity index (χ2n) is 3.25. The van der Waals surface area contributed by atoms with Crippen LogP contribution in [0.4, 0.5) is 4.79 Å². The molecule has 0 aromatic carbocycles. The molecule has 0 aliphatic carbocycles. The summed E-state index contributed by atoms with van der Waals surface area (Å²) >= 11 is 0. The number of rotatable bonds is 2. The van der Waals surface area contributed by atoms with Crippen LogP contribution >= 0.6 is 0 Å². The summed E-state index contributed by atoms with van der Waals surface area (Å²) < 4.78 is 0. The first-order valence-electron chi connectivity index (χ1n) is 4.14. The van der Waals surface area contributed by atoms with Crippen LogP contribution in [0, 0.1) is 0 Å². The molecule has 0 bridgehead atoms. The Hall–Kier alpha value is -0.850. The standard InChI is InChI=1S/C7H14N2O4/c8-4-7(12)2-1-3-9(5-7)13-6(10)11/h12H,1-5,8H2,(H,10,11). The minimum atomic E-state index is -1.36. The Morgan fingerprint density at radius 3 is 2.92 bits per heavy atom. The topological polar surface area (TPSA) is 96.0 Å². The summed E-state index contributed by atoms with van der Waals surface area (Å²) in [6, 6.07) is 0. The summed E-state index contributed by atoms with van der Waals surface area (Å²) in [5.74, 6) is 0. The molecule has 13 heavy (non-hydrogen) atoms. The van der Waals surface area contributed by atoms with E-state index in [0.717, 1.165) is 0 Å². The number of β-amino-alcohol motifs (C(OH)–C–C–N with tert-alkyl or cyclic N) is 1. The van der Waals surface area contributed by atoms with Crippen LogP contribution in [0.15, 0.2) is 0 Å². The van der Waals surface area contributed by atoms with Crippen molar-refractivity contribution in [2.24, 2.45) is 5.73 Å². The van der Waals surface area contributed by atoms with Gasteiger partial charge in [-0.1, -0.05) is 0 Å². The van der Waals surface area contributed by atoms with E-state index in [2.05, 4.69) is 4.84 Å². The summed E-state index contributed by atoms with van der Waals surface area (Å²) in [5, 5.41) is 19.3. The second-order valence-corrected chi connectivity index (χ2v) is 3.25. The lowest BCUT2D eigenvalue weighted by atomic mass is 9.94. The number of hydroxylamine groups is 2. The minimum absolute atomic E-state index is 0.118. The maximum atomic E-state index is 10.2. The Morgan fingerprint density at radius 1 is 1.69 bits per heavy atom. The number of nitrogens with zero attached hydrogens (tertiary/aromatic N) is 1. The van der Waals surface area contributed by atoms with Gasteiger partial charge < -0.3 is 20.8 Å². The average molecular weight is 190 g/mol. The van der Waals surface area contributed by atoms with Gasteiger partial charge in [0, 0.05) is 13.1 Å². The van der Waals surface area contributed by atoms with E-state index in [1.165, 1.54) is 5.06 Å². The van der Waals surface area contributed by atoms with E-state index in [0.29, 0.717) is 19.4 Å². The van der Waals surface area contributed by atoms with Crippen LogP contribution in [0.1, 0.15) is 12.8 Å². The molecule has 0 radical (unpaired) electrons. The van der Waals surface area contributed by atoms with E-state index < -0.39 is 11.8 Å². The molecule has 1 heterocycles. The zero-order valence-electron chi connectivity index (χ0n) is 7.27. The second kappa shape index (κ2) is 3.91.